The average Bonchev–Trinajstić information content (AvgIpc) is 2.71. The summed E-state index contributed by atoms with van der Waals surface area (Å²) in [6.07, 6.45) is 3.81. The molecular weight excluding hydrogens is 240 g/mol. The Morgan fingerprint density at radius 3 is 1.89 bits per heavy atom. The van der Waals surface area contributed by atoms with E-state index in [2.05, 4.69) is 41.5 Å². The van der Waals surface area contributed by atoms with Crippen molar-refractivity contribution in [3.63, 3.8) is 0 Å². The molecule has 0 aromatic carbocycles. The van der Waals surface area contributed by atoms with E-state index < -0.39 is 8.32 Å². The SMILES string of the molecule is CC(C)[Si](OC1CCCC1CO)(C(C)C)C(C)C. The molecule has 0 heterocycles. The molecule has 0 bridgehead atoms. The van der Waals surface area contributed by atoms with Crippen molar-refractivity contribution >= 4 is 8.32 Å². The van der Waals surface area contributed by atoms with E-state index in [4.69, 9.17) is 4.43 Å². The minimum absolute atomic E-state index is 0.295. The molecule has 2 nitrogen and oxygen atoms in total. The van der Waals surface area contributed by atoms with Gasteiger partial charge in [0.2, 0.25) is 8.32 Å². The summed E-state index contributed by atoms with van der Waals surface area (Å²) in [4.78, 5) is 0. The van der Waals surface area contributed by atoms with Crippen molar-refractivity contribution in [1.82, 2.24) is 0 Å². The van der Waals surface area contributed by atoms with Gasteiger partial charge in [-0.1, -0.05) is 48.0 Å². The smallest absolute Gasteiger partial charge is 0.200 e. The van der Waals surface area contributed by atoms with Crippen LogP contribution in [0.1, 0.15) is 60.8 Å². The summed E-state index contributed by atoms with van der Waals surface area (Å²) in [7, 11) is -1.76. The molecule has 1 aliphatic rings. The lowest BCUT2D eigenvalue weighted by Crippen LogP contribution is -2.51. The van der Waals surface area contributed by atoms with Gasteiger partial charge >= 0.3 is 0 Å². The van der Waals surface area contributed by atoms with Gasteiger partial charge in [-0.25, -0.2) is 0 Å². The molecule has 0 radical (unpaired) electrons. The van der Waals surface area contributed by atoms with E-state index >= 15 is 0 Å². The van der Waals surface area contributed by atoms with Gasteiger partial charge in [-0.2, -0.15) is 0 Å². The highest BCUT2D eigenvalue weighted by molar-refractivity contribution is 6.77. The summed E-state index contributed by atoms with van der Waals surface area (Å²) in [5, 5.41) is 9.48. The van der Waals surface area contributed by atoms with Crippen molar-refractivity contribution in [2.45, 2.75) is 83.5 Å². The molecular formula is C15H32O2Si. The number of aliphatic hydroxyl groups is 1. The predicted molar refractivity (Wildman–Crippen MR) is 80.3 cm³/mol. The van der Waals surface area contributed by atoms with Gasteiger partial charge in [-0.15, -0.1) is 0 Å². The molecule has 0 aromatic rings. The lowest BCUT2D eigenvalue weighted by atomic mass is 10.1. The Balaban J connectivity index is 2.90. The third kappa shape index (κ3) is 2.99. The second-order valence-corrected chi connectivity index (χ2v) is 12.3. The first kappa shape index (κ1) is 16.2. The Morgan fingerprint density at radius 2 is 1.50 bits per heavy atom. The fourth-order valence-electron chi connectivity index (χ4n) is 4.04. The molecule has 1 saturated carbocycles. The van der Waals surface area contributed by atoms with Crippen LogP contribution in [0.5, 0.6) is 0 Å². The molecule has 1 aliphatic carbocycles. The molecule has 2 atom stereocenters. The second-order valence-electron chi connectivity index (χ2n) is 6.85. The van der Waals surface area contributed by atoms with Crippen LogP contribution >= 0.6 is 0 Å². The van der Waals surface area contributed by atoms with E-state index in [1.165, 1.54) is 6.42 Å². The van der Waals surface area contributed by atoms with E-state index in [-0.39, 0.29) is 0 Å². The monoisotopic (exact) mass is 272 g/mol. The van der Waals surface area contributed by atoms with Gasteiger partial charge in [0.1, 0.15) is 0 Å². The topological polar surface area (TPSA) is 29.5 Å². The van der Waals surface area contributed by atoms with Crippen LogP contribution in [0.4, 0.5) is 0 Å². The maximum Gasteiger partial charge on any atom is 0.200 e. The Morgan fingerprint density at radius 1 is 1.00 bits per heavy atom. The fraction of sp³-hybridized carbons (Fsp3) is 1.00. The Bertz CT molecular complexity index is 229. The molecule has 0 saturated heterocycles. The normalized spacial score (nSPS) is 25.7. The van der Waals surface area contributed by atoms with Crippen LogP contribution in [0.2, 0.25) is 16.6 Å². The quantitative estimate of drug-likeness (QED) is 0.729. The summed E-state index contributed by atoms with van der Waals surface area (Å²) in [6, 6.07) is 0. The van der Waals surface area contributed by atoms with Crippen molar-refractivity contribution in [3.05, 3.63) is 0 Å². The number of hydrogen-bond donors (Lipinski definition) is 1. The molecule has 0 aromatic heterocycles. The number of rotatable bonds is 6. The average molecular weight is 273 g/mol. The zero-order valence-corrected chi connectivity index (χ0v) is 14.1. The van der Waals surface area contributed by atoms with Crippen molar-refractivity contribution in [1.29, 1.82) is 0 Å². The second kappa shape index (κ2) is 6.53. The first-order valence-electron chi connectivity index (χ1n) is 7.64. The van der Waals surface area contributed by atoms with Gasteiger partial charge < -0.3 is 9.53 Å². The van der Waals surface area contributed by atoms with Crippen LogP contribution in [0.15, 0.2) is 0 Å². The maximum atomic E-state index is 9.48. The molecule has 3 heteroatoms. The molecule has 0 aliphatic heterocycles. The lowest BCUT2D eigenvalue weighted by Gasteiger charge is -2.45. The molecule has 2 unspecified atom stereocenters. The summed E-state index contributed by atoms with van der Waals surface area (Å²) >= 11 is 0. The van der Waals surface area contributed by atoms with Crippen LogP contribution in [0.3, 0.4) is 0 Å². The molecule has 108 valence electrons. The van der Waals surface area contributed by atoms with Crippen LogP contribution in [-0.2, 0) is 4.43 Å². The zero-order chi connectivity index (χ0) is 13.9. The van der Waals surface area contributed by atoms with Crippen molar-refractivity contribution in [2.24, 2.45) is 5.92 Å². The third-order valence-electron chi connectivity index (χ3n) is 4.89. The first-order valence-corrected chi connectivity index (χ1v) is 9.78. The third-order valence-corrected chi connectivity index (χ3v) is 11.0. The van der Waals surface area contributed by atoms with Gasteiger partial charge in [-0.05, 0) is 29.5 Å². The highest BCUT2D eigenvalue weighted by atomic mass is 28.4. The van der Waals surface area contributed by atoms with Crippen LogP contribution in [-0.4, -0.2) is 26.1 Å². The van der Waals surface area contributed by atoms with Crippen molar-refractivity contribution in [2.75, 3.05) is 6.61 Å². The molecule has 18 heavy (non-hydrogen) atoms. The highest BCUT2D eigenvalue weighted by Crippen LogP contribution is 2.45. The van der Waals surface area contributed by atoms with Gasteiger partial charge in [0.15, 0.2) is 0 Å². The van der Waals surface area contributed by atoms with Crippen molar-refractivity contribution < 1.29 is 9.53 Å². The molecule has 1 rings (SSSR count). The molecule has 1 N–H and O–H groups in total. The van der Waals surface area contributed by atoms with Gasteiger partial charge in [0.05, 0.1) is 6.10 Å². The first-order chi connectivity index (χ1) is 8.36. The molecule has 1 fully saturated rings. The zero-order valence-electron chi connectivity index (χ0n) is 13.1. The predicted octanol–water partition coefficient (Wildman–Crippen LogP) is 4.34. The summed E-state index contributed by atoms with van der Waals surface area (Å²) < 4.78 is 6.77. The van der Waals surface area contributed by atoms with Crippen LogP contribution in [0, 0.1) is 5.92 Å². The lowest BCUT2D eigenvalue weighted by molar-refractivity contribution is 0.0942. The van der Waals surface area contributed by atoms with E-state index in [9.17, 15) is 5.11 Å². The van der Waals surface area contributed by atoms with Gasteiger partial charge in [0.25, 0.3) is 0 Å². The number of aliphatic hydroxyl groups excluding tert-OH is 1. The maximum absolute atomic E-state index is 9.48. The highest BCUT2D eigenvalue weighted by Gasteiger charge is 2.48. The van der Waals surface area contributed by atoms with E-state index in [0.717, 1.165) is 12.8 Å². The Hall–Kier alpha value is 0.137. The van der Waals surface area contributed by atoms with E-state index in [1.807, 2.05) is 0 Å². The Labute approximate surface area is 114 Å². The minimum atomic E-state index is -1.76. The summed E-state index contributed by atoms with van der Waals surface area (Å²) in [5.41, 5.74) is 1.91. The van der Waals surface area contributed by atoms with E-state index in [0.29, 0.717) is 35.3 Å². The molecule has 0 spiro atoms. The standard InChI is InChI=1S/C15H32O2Si/c1-11(2)18(12(3)4,13(5)6)17-15-9-7-8-14(15)10-16/h11-16H,7-10H2,1-6H3. The fourth-order valence-corrected chi connectivity index (χ4v) is 9.69. The van der Waals surface area contributed by atoms with Crippen LogP contribution < -0.4 is 0 Å². The summed E-state index contributed by atoms with van der Waals surface area (Å²) in [6.45, 7) is 14.3. The molecule has 0 amide bonds. The summed E-state index contributed by atoms with van der Waals surface area (Å²) in [5.74, 6) is 0.383. The van der Waals surface area contributed by atoms with Crippen molar-refractivity contribution in [3.8, 4) is 0 Å². The van der Waals surface area contributed by atoms with Gasteiger partial charge in [-0.3, -0.25) is 0 Å². The van der Waals surface area contributed by atoms with Crippen LogP contribution in [0.25, 0.3) is 0 Å². The van der Waals surface area contributed by atoms with E-state index in [1.54, 1.807) is 0 Å². The minimum Gasteiger partial charge on any atom is -0.413 e. The Kier molecular flexibility index (Phi) is 5.88. The largest absolute Gasteiger partial charge is 0.413 e. The van der Waals surface area contributed by atoms with Gasteiger partial charge in [0, 0.05) is 12.5 Å². The number of hydrogen-bond acceptors (Lipinski definition) is 2.